The molecule has 0 N–H and O–H groups in total. The second kappa shape index (κ2) is 6.44. The largest absolute Gasteiger partial charge is 0.446 e. The van der Waals surface area contributed by atoms with Crippen LogP contribution in [0.3, 0.4) is 0 Å². The van der Waals surface area contributed by atoms with Crippen molar-refractivity contribution in [1.82, 2.24) is 9.80 Å². The molecule has 0 saturated carbocycles. The van der Waals surface area contributed by atoms with E-state index in [0.717, 1.165) is 25.7 Å². The molecular formula is C18H22N2O3. The number of likely N-dealkylation sites (tertiary alicyclic amines) is 2. The van der Waals surface area contributed by atoms with Gasteiger partial charge in [-0.2, -0.15) is 0 Å². The molecule has 0 radical (unpaired) electrons. The molecule has 0 bridgehead atoms. The lowest BCUT2D eigenvalue weighted by Gasteiger charge is -2.27. The predicted molar refractivity (Wildman–Crippen MR) is 87.3 cm³/mol. The van der Waals surface area contributed by atoms with E-state index < -0.39 is 0 Å². The smallest absolute Gasteiger partial charge is 0.289 e. The highest BCUT2D eigenvalue weighted by molar-refractivity contribution is 5.95. The van der Waals surface area contributed by atoms with Gasteiger partial charge in [0.05, 0.1) is 0 Å². The van der Waals surface area contributed by atoms with Crippen molar-refractivity contribution in [3.63, 3.8) is 0 Å². The highest BCUT2D eigenvalue weighted by atomic mass is 16.4. The van der Waals surface area contributed by atoms with E-state index in [-0.39, 0.29) is 23.3 Å². The number of carbonyl (C=O) groups excluding carboxylic acids is 2. The Labute approximate surface area is 136 Å². The minimum atomic E-state index is -0.149. The Morgan fingerprint density at radius 1 is 0.783 bits per heavy atom. The van der Waals surface area contributed by atoms with Crippen molar-refractivity contribution >= 4 is 11.8 Å². The van der Waals surface area contributed by atoms with Gasteiger partial charge in [-0.05, 0) is 37.8 Å². The summed E-state index contributed by atoms with van der Waals surface area (Å²) in [6.45, 7) is 10.5. The maximum Gasteiger partial charge on any atom is 0.289 e. The maximum absolute atomic E-state index is 12.4. The van der Waals surface area contributed by atoms with Crippen molar-refractivity contribution in [3.8, 4) is 0 Å². The van der Waals surface area contributed by atoms with Gasteiger partial charge < -0.3 is 14.2 Å². The fraction of sp³-hybridized carbons (Fsp3) is 0.444. The van der Waals surface area contributed by atoms with Gasteiger partial charge in [-0.1, -0.05) is 24.3 Å². The van der Waals surface area contributed by atoms with Gasteiger partial charge in [0.15, 0.2) is 11.5 Å². The molecule has 0 atom stereocenters. The minimum absolute atomic E-state index is 0.149. The van der Waals surface area contributed by atoms with Crippen LogP contribution in [-0.4, -0.2) is 47.8 Å². The van der Waals surface area contributed by atoms with Gasteiger partial charge in [0.2, 0.25) is 0 Å². The summed E-state index contributed by atoms with van der Waals surface area (Å²) in [5.41, 5.74) is 2.35. The summed E-state index contributed by atoms with van der Waals surface area (Å²) >= 11 is 0. The topological polar surface area (TPSA) is 53.8 Å². The van der Waals surface area contributed by atoms with Crippen LogP contribution >= 0.6 is 0 Å². The third-order valence-corrected chi connectivity index (χ3v) is 4.54. The summed E-state index contributed by atoms with van der Waals surface area (Å²) in [4.78, 5) is 28.4. The van der Waals surface area contributed by atoms with E-state index in [1.165, 1.54) is 11.1 Å². The third-order valence-electron chi connectivity index (χ3n) is 4.54. The van der Waals surface area contributed by atoms with Gasteiger partial charge in [0, 0.05) is 26.2 Å². The zero-order chi connectivity index (χ0) is 16.4. The Morgan fingerprint density at radius 2 is 1.13 bits per heavy atom. The number of amides is 2. The molecule has 2 aliphatic heterocycles. The number of nitrogens with zero attached hydrogens (tertiary/aromatic N) is 2. The van der Waals surface area contributed by atoms with Crippen molar-refractivity contribution in [2.75, 3.05) is 26.2 Å². The zero-order valence-corrected chi connectivity index (χ0v) is 13.3. The number of hydrogen-bond acceptors (Lipinski definition) is 3. The molecule has 0 spiro atoms. The highest BCUT2D eigenvalue weighted by Gasteiger charge is 2.26. The molecule has 5 nitrogen and oxygen atoms in total. The first-order chi connectivity index (χ1) is 11.0. The first-order valence-electron chi connectivity index (χ1n) is 8.06. The van der Waals surface area contributed by atoms with E-state index in [9.17, 15) is 9.59 Å². The third kappa shape index (κ3) is 3.38. The lowest BCUT2D eigenvalue weighted by molar-refractivity contribution is 0.0680. The fourth-order valence-electron chi connectivity index (χ4n) is 2.93. The molecule has 122 valence electrons. The van der Waals surface area contributed by atoms with Gasteiger partial charge in [-0.15, -0.1) is 0 Å². The average Bonchev–Trinajstić information content (AvgIpc) is 3.05. The van der Waals surface area contributed by atoms with E-state index in [0.29, 0.717) is 26.2 Å². The number of carbonyl (C=O) groups is 2. The molecule has 2 aliphatic rings. The summed E-state index contributed by atoms with van der Waals surface area (Å²) in [5, 5.41) is 0. The molecule has 2 saturated heterocycles. The normalized spacial score (nSPS) is 19.1. The van der Waals surface area contributed by atoms with Crippen molar-refractivity contribution in [2.45, 2.75) is 25.7 Å². The monoisotopic (exact) mass is 314 g/mol. The van der Waals surface area contributed by atoms with Crippen molar-refractivity contribution in [3.05, 3.63) is 48.0 Å². The molecule has 0 aromatic carbocycles. The number of rotatable bonds is 2. The molecule has 3 rings (SSSR count). The van der Waals surface area contributed by atoms with Crippen LogP contribution in [-0.2, 0) is 0 Å². The van der Waals surface area contributed by atoms with Crippen LogP contribution in [0.4, 0.5) is 0 Å². The van der Waals surface area contributed by atoms with E-state index in [1.807, 2.05) is 0 Å². The summed E-state index contributed by atoms with van der Waals surface area (Å²) in [7, 11) is 0. The van der Waals surface area contributed by atoms with Crippen LogP contribution in [0.2, 0.25) is 0 Å². The second-order valence-corrected chi connectivity index (χ2v) is 6.25. The summed E-state index contributed by atoms with van der Waals surface area (Å²) < 4.78 is 5.54. The minimum Gasteiger partial charge on any atom is -0.446 e. The Hall–Kier alpha value is -2.30. The van der Waals surface area contributed by atoms with E-state index >= 15 is 0 Å². The Kier molecular flexibility index (Phi) is 4.37. The number of hydrogen-bond donors (Lipinski definition) is 0. The second-order valence-electron chi connectivity index (χ2n) is 6.25. The Morgan fingerprint density at radius 3 is 1.48 bits per heavy atom. The first kappa shape index (κ1) is 15.6. The van der Waals surface area contributed by atoms with Crippen LogP contribution in [0.5, 0.6) is 0 Å². The average molecular weight is 314 g/mol. The molecule has 2 amide bonds. The lowest BCUT2D eigenvalue weighted by Crippen LogP contribution is -2.36. The molecule has 1 aromatic rings. The summed E-state index contributed by atoms with van der Waals surface area (Å²) in [6.07, 6.45) is 3.32. The van der Waals surface area contributed by atoms with E-state index in [4.69, 9.17) is 4.42 Å². The standard InChI is InChI=1S/C18H22N2O3/c1-13-5-9-19(10-6-13)17(21)15-3-4-16(23-15)18(22)20-11-7-14(2)8-12-20/h3-4H,1-2,5-12H2. The first-order valence-corrected chi connectivity index (χ1v) is 8.06. The Balaban J connectivity index is 1.65. The van der Waals surface area contributed by atoms with Crippen LogP contribution in [0.15, 0.2) is 40.9 Å². The van der Waals surface area contributed by atoms with E-state index in [1.54, 1.807) is 21.9 Å². The van der Waals surface area contributed by atoms with Crippen molar-refractivity contribution in [1.29, 1.82) is 0 Å². The van der Waals surface area contributed by atoms with Crippen LogP contribution in [0.1, 0.15) is 46.8 Å². The van der Waals surface area contributed by atoms with Gasteiger partial charge in [0.25, 0.3) is 11.8 Å². The molecule has 5 heteroatoms. The van der Waals surface area contributed by atoms with Gasteiger partial charge in [0.1, 0.15) is 0 Å². The molecular weight excluding hydrogens is 292 g/mol. The molecule has 0 aliphatic carbocycles. The van der Waals surface area contributed by atoms with Gasteiger partial charge >= 0.3 is 0 Å². The molecule has 23 heavy (non-hydrogen) atoms. The van der Waals surface area contributed by atoms with Crippen LogP contribution < -0.4 is 0 Å². The molecule has 1 aromatic heterocycles. The van der Waals surface area contributed by atoms with Crippen molar-refractivity contribution in [2.24, 2.45) is 0 Å². The number of furan rings is 1. The van der Waals surface area contributed by atoms with Crippen LogP contribution in [0, 0.1) is 0 Å². The SMILES string of the molecule is C=C1CCN(C(=O)c2ccc(C(=O)N3CCC(=C)CC3)o2)CC1. The Bertz CT molecular complexity index is 584. The fourth-order valence-corrected chi connectivity index (χ4v) is 2.93. The predicted octanol–water partition coefficient (Wildman–Crippen LogP) is 2.86. The van der Waals surface area contributed by atoms with Gasteiger partial charge in [-0.3, -0.25) is 9.59 Å². The zero-order valence-electron chi connectivity index (χ0n) is 13.3. The lowest BCUT2D eigenvalue weighted by atomic mass is 10.1. The highest BCUT2D eigenvalue weighted by Crippen LogP contribution is 2.20. The van der Waals surface area contributed by atoms with Crippen LogP contribution in [0.25, 0.3) is 0 Å². The number of piperidine rings is 2. The molecule has 3 heterocycles. The summed E-state index contributed by atoms with van der Waals surface area (Å²) in [6, 6.07) is 3.20. The molecule has 0 unspecified atom stereocenters. The maximum atomic E-state index is 12.4. The van der Waals surface area contributed by atoms with Crippen molar-refractivity contribution < 1.29 is 14.0 Å². The summed E-state index contributed by atoms with van der Waals surface area (Å²) in [5.74, 6) is 0.178. The van der Waals surface area contributed by atoms with E-state index in [2.05, 4.69) is 13.2 Å². The van der Waals surface area contributed by atoms with Gasteiger partial charge in [-0.25, -0.2) is 0 Å². The quantitative estimate of drug-likeness (QED) is 0.789. The molecule has 2 fully saturated rings.